The van der Waals surface area contributed by atoms with Gasteiger partial charge in [0.2, 0.25) is 17.6 Å². The van der Waals surface area contributed by atoms with Crippen LogP contribution in [-0.2, 0) is 9.59 Å². The van der Waals surface area contributed by atoms with Crippen molar-refractivity contribution >= 4 is 46.3 Å². The van der Waals surface area contributed by atoms with Crippen molar-refractivity contribution in [3.8, 4) is 23.0 Å². The van der Waals surface area contributed by atoms with Crippen molar-refractivity contribution in [2.75, 3.05) is 33.8 Å². The Morgan fingerprint density at radius 3 is 2.36 bits per heavy atom. The van der Waals surface area contributed by atoms with E-state index in [1.807, 2.05) is 0 Å². The van der Waals surface area contributed by atoms with E-state index in [0.717, 1.165) is 11.8 Å². The number of anilines is 1. The number of nitrogens with one attached hydrogen (secondary N) is 2. The van der Waals surface area contributed by atoms with E-state index >= 15 is 0 Å². The Kier molecular flexibility index (Phi) is 8.67. The van der Waals surface area contributed by atoms with E-state index in [2.05, 4.69) is 20.8 Å². The molecule has 0 aliphatic carbocycles. The van der Waals surface area contributed by atoms with Crippen molar-refractivity contribution in [3.63, 3.8) is 0 Å². The van der Waals surface area contributed by atoms with Crippen molar-refractivity contribution in [1.29, 1.82) is 0 Å². The van der Waals surface area contributed by atoms with Gasteiger partial charge in [0.15, 0.2) is 16.7 Å². The fourth-order valence-corrected chi connectivity index (χ4v) is 4.11. The Morgan fingerprint density at radius 1 is 1.11 bits per heavy atom. The standard InChI is InChI=1S/C22H23N5O8S/c1-32-15-9-13(27(30)31)5-6-14(15)24-21(29)18-10-19(28)25-22(36-18)26-23-11-12-7-16(33-2)20(35-4)17(8-12)34-3/h5-9,11,18H,10H2,1-4H3,(H,24,29)(H,25,26,28)/b23-11-/t18-/m1/s1. The van der Waals surface area contributed by atoms with E-state index in [-0.39, 0.29) is 28.7 Å². The molecule has 0 radical (unpaired) electrons. The molecular weight excluding hydrogens is 494 g/mol. The molecule has 2 aromatic rings. The van der Waals surface area contributed by atoms with Gasteiger partial charge in [-0.1, -0.05) is 11.8 Å². The summed E-state index contributed by atoms with van der Waals surface area (Å²) in [6.45, 7) is 0. The van der Waals surface area contributed by atoms with E-state index < -0.39 is 22.0 Å². The smallest absolute Gasteiger partial charge is 0.273 e. The number of carbonyl (C=O) groups excluding carboxylic acids is 2. The van der Waals surface area contributed by atoms with Crippen molar-refractivity contribution in [1.82, 2.24) is 5.32 Å². The van der Waals surface area contributed by atoms with E-state index in [1.165, 1.54) is 52.9 Å². The first-order valence-corrected chi connectivity index (χ1v) is 11.2. The molecule has 190 valence electrons. The quantitative estimate of drug-likeness (QED) is 0.289. The number of hydrogen-bond donors (Lipinski definition) is 2. The Labute approximate surface area is 210 Å². The summed E-state index contributed by atoms with van der Waals surface area (Å²) < 4.78 is 21.0. The summed E-state index contributed by atoms with van der Waals surface area (Å²) in [7, 11) is 5.80. The second-order valence-electron chi connectivity index (χ2n) is 7.10. The lowest BCUT2D eigenvalue weighted by atomic mass is 10.2. The van der Waals surface area contributed by atoms with Crippen molar-refractivity contribution < 1.29 is 33.5 Å². The summed E-state index contributed by atoms with van der Waals surface area (Å²) in [5.74, 6) is 0.507. The summed E-state index contributed by atoms with van der Waals surface area (Å²) in [5, 5.41) is 23.5. The maximum Gasteiger partial charge on any atom is 0.273 e. The van der Waals surface area contributed by atoms with Gasteiger partial charge in [0.25, 0.3) is 5.69 Å². The van der Waals surface area contributed by atoms with Gasteiger partial charge in [-0.25, -0.2) is 0 Å². The molecule has 2 aromatic carbocycles. The predicted octanol–water partition coefficient (Wildman–Crippen LogP) is 2.58. The highest BCUT2D eigenvalue weighted by molar-refractivity contribution is 8.15. The minimum Gasteiger partial charge on any atom is -0.494 e. The number of non-ortho nitro benzene ring substituents is 1. The van der Waals surface area contributed by atoms with E-state index in [1.54, 1.807) is 12.1 Å². The monoisotopic (exact) mass is 517 g/mol. The van der Waals surface area contributed by atoms with Crippen LogP contribution in [0.15, 0.2) is 40.5 Å². The third-order valence-corrected chi connectivity index (χ3v) is 5.93. The lowest BCUT2D eigenvalue weighted by molar-refractivity contribution is -0.384. The van der Waals surface area contributed by atoms with Gasteiger partial charge in [0, 0.05) is 18.1 Å². The van der Waals surface area contributed by atoms with Crippen LogP contribution in [0.25, 0.3) is 0 Å². The lowest BCUT2D eigenvalue weighted by Gasteiger charge is -2.22. The molecule has 1 atom stereocenters. The summed E-state index contributed by atoms with van der Waals surface area (Å²) >= 11 is 1.01. The molecule has 1 fully saturated rings. The molecule has 2 N–H and O–H groups in total. The molecule has 3 rings (SSSR count). The average molecular weight is 518 g/mol. The van der Waals surface area contributed by atoms with Crippen LogP contribution in [0.1, 0.15) is 12.0 Å². The summed E-state index contributed by atoms with van der Waals surface area (Å²) in [6.07, 6.45) is 1.33. The maximum atomic E-state index is 12.8. The zero-order valence-corrected chi connectivity index (χ0v) is 20.6. The SMILES string of the molecule is COc1cc([N+](=O)[O-])ccc1NC(=O)[C@H]1CC(=O)NC(=N/N=C\c2cc(OC)c(OC)c(OC)c2)S1. The van der Waals surface area contributed by atoms with Crippen molar-refractivity contribution in [3.05, 3.63) is 46.0 Å². The molecule has 0 spiro atoms. The highest BCUT2D eigenvalue weighted by Gasteiger charge is 2.31. The number of rotatable bonds is 9. The average Bonchev–Trinajstić information content (AvgIpc) is 2.87. The Bertz CT molecular complexity index is 1210. The normalized spacial score (nSPS) is 16.4. The third-order valence-electron chi connectivity index (χ3n) is 4.86. The molecule has 0 saturated carbocycles. The van der Waals surface area contributed by atoms with E-state index in [0.29, 0.717) is 22.8 Å². The largest absolute Gasteiger partial charge is 0.494 e. The van der Waals surface area contributed by atoms with Crippen molar-refractivity contribution in [2.24, 2.45) is 10.2 Å². The number of carbonyl (C=O) groups is 2. The molecule has 1 aliphatic heterocycles. The number of nitrogens with zero attached hydrogens (tertiary/aromatic N) is 3. The molecule has 2 amide bonds. The van der Waals surface area contributed by atoms with Crippen LogP contribution in [0.2, 0.25) is 0 Å². The van der Waals surface area contributed by atoms with Gasteiger partial charge in [-0.3, -0.25) is 19.7 Å². The second kappa shape index (κ2) is 11.9. The lowest BCUT2D eigenvalue weighted by Crippen LogP contribution is -2.41. The second-order valence-corrected chi connectivity index (χ2v) is 8.29. The first kappa shape index (κ1) is 26.3. The summed E-state index contributed by atoms with van der Waals surface area (Å²) in [5.41, 5.74) is 0.648. The van der Waals surface area contributed by atoms with Gasteiger partial charge in [0.1, 0.15) is 11.0 Å². The Morgan fingerprint density at radius 2 is 1.78 bits per heavy atom. The Hall–Kier alpha value is -4.33. The first-order valence-electron chi connectivity index (χ1n) is 10.3. The van der Waals surface area contributed by atoms with E-state index in [9.17, 15) is 19.7 Å². The number of amidine groups is 1. The van der Waals surface area contributed by atoms with Gasteiger partial charge >= 0.3 is 0 Å². The number of thioether (sulfide) groups is 1. The summed E-state index contributed by atoms with van der Waals surface area (Å²) in [4.78, 5) is 35.4. The minimum absolute atomic E-state index is 0.0958. The number of nitro groups is 1. The zero-order valence-electron chi connectivity index (χ0n) is 19.8. The van der Waals surface area contributed by atoms with Crippen LogP contribution in [-0.4, -0.2) is 61.8 Å². The van der Waals surface area contributed by atoms with Gasteiger partial charge in [-0.15, -0.1) is 5.10 Å². The van der Waals surface area contributed by atoms with Gasteiger partial charge in [-0.05, 0) is 18.2 Å². The highest BCUT2D eigenvalue weighted by Crippen LogP contribution is 2.37. The highest BCUT2D eigenvalue weighted by atomic mass is 32.2. The van der Waals surface area contributed by atoms with Gasteiger partial charge in [-0.2, -0.15) is 5.10 Å². The number of amides is 2. The van der Waals surface area contributed by atoms with Crippen LogP contribution in [0.3, 0.4) is 0 Å². The topological polar surface area (TPSA) is 163 Å². The van der Waals surface area contributed by atoms with Crippen LogP contribution in [0.4, 0.5) is 11.4 Å². The zero-order chi connectivity index (χ0) is 26.2. The molecule has 0 unspecified atom stereocenters. The molecular formula is C22H23N5O8S. The van der Waals surface area contributed by atoms with Crippen LogP contribution >= 0.6 is 11.8 Å². The van der Waals surface area contributed by atoms with Crippen LogP contribution < -0.4 is 29.6 Å². The maximum absolute atomic E-state index is 12.8. The van der Waals surface area contributed by atoms with Crippen LogP contribution in [0, 0.1) is 10.1 Å². The fourth-order valence-electron chi connectivity index (χ4n) is 3.17. The number of benzene rings is 2. The third kappa shape index (κ3) is 6.21. The molecule has 36 heavy (non-hydrogen) atoms. The molecule has 14 heteroatoms. The minimum atomic E-state index is -0.811. The molecule has 1 saturated heterocycles. The number of methoxy groups -OCH3 is 4. The number of nitro benzene ring substituents is 1. The first-order chi connectivity index (χ1) is 17.3. The molecule has 13 nitrogen and oxygen atoms in total. The molecule has 0 aromatic heterocycles. The fraction of sp³-hybridized carbons (Fsp3) is 0.273. The number of ether oxygens (including phenoxy) is 4. The molecule has 1 aliphatic rings. The Balaban J connectivity index is 1.74. The van der Waals surface area contributed by atoms with Crippen molar-refractivity contribution in [2.45, 2.75) is 11.7 Å². The summed E-state index contributed by atoms with van der Waals surface area (Å²) in [6, 6.07) is 7.14. The van der Waals surface area contributed by atoms with Gasteiger partial charge < -0.3 is 29.6 Å². The number of hydrogen-bond acceptors (Lipinski definition) is 11. The molecule has 1 heterocycles. The van der Waals surface area contributed by atoms with Crippen LogP contribution in [0.5, 0.6) is 23.0 Å². The van der Waals surface area contributed by atoms with E-state index in [4.69, 9.17) is 18.9 Å². The predicted molar refractivity (Wildman–Crippen MR) is 134 cm³/mol. The molecule has 0 bridgehead atoms. The van der Waals surface area contributed by atoms with Gasteiger partial charge in [0.05, 0.1) is 51.3 Å².